The largest absolute Gasteiger partial charge is 0.326 e. The maximum atomic E-state index is 13.1. The van der Waals surface area contributed by atoms with Crippen LogP contribution in [0.2, 0.25) is 0 Å². The highest BCUT2D eigenvalue weighted by atomic mass is 16.1. The summed E-state index contributed by atoms with van der Waals surface area (Å²) in [6.45, 7) is 6.14. The third kappa shape index (κ3) is 3.24. The van der Waals surface area contributed by atoms with Gasteiger partial charge in [-0.1, -0.05) is 49.3 Å². The van der Waals surface area contributed by atoms with Gasteiger partial charge in [-0.05, 0) is 46.5 Å². The number of anilines is 2. The molecule has 4 rings (SSSR count). The number of rotatable bonds is 4. The van der Waals surface area contributed by atoms with Crippen molar-refractivity contribution in [3.8, 4) is 0 Å². The van der Waals surface area contributed by atoms with Gasteiger partial charge in [0.2, 0.25) is 5.95 Å². The fourth-order valence-corrected chi connectivity index (χ4v) is 3.30. The molecule has 142 valence electrons. The molecule has 2 aromatic heterocycles. The van der Waals surface area contributed by atoms with Crippen molar-refractivity contribution in [2.24, 2.45) is 0 Å². The van der Waals surface area contributed by atoms with Gasteiger partial charge in [0.1, 0.15) is 11.9 Å². The Morgan fingerprint density at radius 1 is 1.18 bits per heavy atom. The predicted octanol–water partition coefficient (Wildman–Crippen LogP) is 3.12. The Bertz CT molecular complexity index is 1020. The standard InChI is InChI=1S/C20H21N7O/c1-12(2)14-7-9-15(10-8-14)18-17(13(3)22-20-24-25-26-27(18)20)19(28)23-16-6-4-5-11-21-16/h4-12,18H,1-3H3,(H,21,23,28)(H,22,24,26). The van der Waals surface area contributed by atoms with Gasteiger partial charge >= 0.3 is 0 Å². The number of fused-ring (bicyclic) bond motifs is 1. The zero-order valence-corrected chi connectivity index (χ0v) is 15.9. The molecule has 3 heterocycles. The van der Waals surface area contributed by atoms with E-state index in [1.165, 1.54) is 5.56 Å². The minimum absolute atomic E-state index is 0.247. The van der Waals surface area contributed by atoms with Crippen LogP contribution in [-0.4, -0.2) is 31.1 Å². The summed E-state index contributed by atoms with van der Waals surface area (Å²) in [5.74, 6) is 1.17. The monoisotopic (exact) mass is 375 g/mol. The topological polar surface area (TPSA) is 97.6 Å². The van der Waals surface area contributed by atoms with Gasteiger partial charge in [-0.3, -0.25) is 4.79 Å². The first-order valence-corrected chi connectivity index (χ1v) is 9.12. The van der Waals surface area contributed by atoms with Crippen molar-refractivity contribution in [2.75, 3.05) is 10.6 Å². The molecular weight excluding hydrogens is 354 g/mol. The van der Waals surface area contributed by atoms with Gasteiger partial charge in [-0.2, -0.15) is 4.68 Å². The van der Waals surface area contributed by atoms with E-state index in [0.29, 0.717) is 29.0 Å². The molecule has 1 unspecified atom stereocenters. The molecule has 8 heteroatoms. The third-order valence-electron chi connectivity index (χ3n) is 4.78. The number of hydrogen-bond acceptors (Lipinski definition) is 6. The summed E-state index contributed by atoms with van der Waals surface area (Å²) in [6, 6.07) is 13.1. The summed E-state index contributed by atoms with van der Waals surface area (Å²) in [6.07, 6.45) is 1.64. The minimum Gasteiger partial charge on any atom is -0.326 e. The first-order chi connectivity index (χ1) is 13.5. The molecule has 1 amide bonds. The van der Waals surface area contributed by atoms with Gasteiger partial charge < -0.3 is 10.6 Å². The van der Waals surface area contributed by atoms with E-state index in [-0.39, 0.29) is 5.91 Å². The van der Waals surface area contributed by atoms with Crippen molar-refractivity contribution in [3.05, 3.63) is 71.1 Å². The molecular formula is C20H21N7O. The average Bonchev–Trinajstić information content (AvgIpc) is 3.15. The third-order valence-corrected chi connectivity index (χ3v) is 4.78. The van der Waals surface area contributed by atoms with Crippen molar-refractivity contribution in [2.45, 2.75) is 32.7 Å². The molecule has 0 saturated carbocycles. The van der Waals surface area contributed by atoms with Gasteiger partial charge in [0.15, 0.2) is 0 Å². The SMILES string of the molecule is CC1=C(C(=O)Nc2ccccn2)C(c2ccc(C(C)C)cc2)n2nnnc2N1. The van der Waals surface area contributed by atoms with Crippen LogP contribution in [0.4, 0.5) is 11.8 Å². The van der Waals surface area contributed by atoms with E-state index in [4.69, 9.17) is 0 Å². The molecule has 0 spiro atoms. The van der Waals surface area contributed by atoms with Crippen molar-refractivity contribution < 1.29 is 4.79 Å². The number of nitrogens with zero attached hydrogens (tertiary/aromatic N) is 5. The summed E-state index contributed by atoms with van der Waals surface area (Å²) in [7, 11) is 0. The van der Waals surface area contributed by atoms with Gasteiger partial charge in [0.05, 0.1) is 5.57 Å². The fourth-order valence-electron chi connectivity index (χ4n) is 3.30. The Balaban J connectivity index is 1.75. The van der Waals surface area contributed by atoms with E-state index in [1.807, 2.05) is 25.1 Å². The molecule has 1 atom stereocenters. The van der Waals surface area contributed by atoms with E-state index in [2.05, 4.69) is 57.1 Å². The molecule has 28 heavy (non-hydrogen) atoms. The smallest absolute Gasteiger partial charge is 0.257 e. The zero-order chi connectivity index (χ0) is 19.7. The molecule has 1 aliphatic rings. The number of amides is 1. The van der Waals surface area contributed by atoms with Crippen molar-refractivity contribution in [1.82, 2.24) is 25.2 Å². The maximum absolute atomic E-state index is 13.1. The van der Waals surface area contributed by atoms with E-state index in [0.717, 1.165) is 5.56 Å². The second-order valence-electron chi connectivity index (χ2n) is 7.00. The van der Waals surface area contributed by atoms with Crippen LogP contribution in [0.15, 0.2) is 59.9 Å². The number of nitrogens with one attached hydrogen (secondary N) is 2. The summed E-state index contributed by atoms with van der Waals surface area (Å²) < 4.78 is 1.63. The molecule has 0 radical (unpaired) electrons. The number of aromatic nitrogens is 5. The first kappa shape index (κ1) is 17.8. The average molecular weight is 375 g/mol. The zero-order valence-electron chi connectivity index (χ0n) is 15.9. The van der Waals surface area contributed by atoms with Crippen LogP contribution in [0.3, 0.4) is 0 Å². The van der Waals surface area contributed by atoms with Gasteiger partial charge in [0.25, 0.3) is 5.91 Å². The lowest BCUT2D eigenvalue weighted by Crippen LogP contribution is -2.31. The number of carbonyl (C=O) groups is 1. The molecule has 1 aromatic carbocycles. The number of allylic oxidation sites excluding steroid dienone is 1. The lowest BCUT2D eigenvalue weighted by atomic mass is 9.93. The number of benzene rings is 1. The number of pyridine rings is 1. The van der Waals surface area contributed by atoms with E-state index < -0.39 is 6.04 Å². The summed E-state index contributed by atoms with van der Waals surface area (Å²) in [5, 5.41) is 17.9. The Morgan fingerprint density at radius 3 is 2.64 bits per heavy atom. The molecule has 2 N–H and O–H groups in total. The van der Waals surface area contributed by atoms with Gasteiger partial charge in [-0.15, -0.1) is 0 Å². The summed E-state index contributed by atoms with van der Waals surface area (Å²) in [5.41, 5.74) is 3.41. The molecule has 3 aromatic rings. The molecule has 0 aliphatic carbocycles. The van der Waals surface area contributed by atoms with Crippen LogP contribution in [0.5, 0.6) is 0 Å². The number of tetrazole rings is 1. The summed E-state index contributed by atoms with van der Waals surface area (Å²) in [4.78, 5) is 17.3. The highest BCUT2D eigenvalue weighted by molar-refractivity contribution is 6.05. The number of hydrogen-bond donors (Lipinski definition) is 2. The summed E-state index contributed by atoms with van der Waals surface area (Å²) >= 11 is 0. The van der Waals surface area contributed by atoms with Crippen molar-refractivity contribution in [3.63, 3.8) is 0 Å². The van der Waals surface area contributed by atoms with E-state index in [9.17, 15) is 4.79 Å². The van der Waals surface area contributed by atoms with E-state index in [1.54, 1.807) is 23.0 Å². The van der Waals surface area contributed by atoms with Gasteiger partial charge in [-0.25, -0.2) is 4.98 Å². The van der Waals surface area contributed by atoms with Crippen LogP contribution < -0.4 is 10.6 Å². The Kier molecular flexibility index (Phi) is 4.60. The fraction of sp³-hybridized carbons (Fsp3) is 0.250. The quantitative estimate of drug-likeness (QED) is 0.727. The van der Waals surface area contributed by atoms with Crippen LogP contribution >= 0.6 is 0 Å². The van der Waals surface area contributed by atoms with Gasteiger partial charge in [0, 0.05) is 11.9 Å². The van der Waals surface area contributed by atoms with Crippen LogP contribution in [0.1, 0.15) is 43.9 Å². The first-order valence-electron chi connectivity index (χ1n) is 9.12. The Morgan fingerprint density at radius 2 is 1.96 bits per heavy atom. The van der Waals surface area contributed by atoms with Crippen LogP contribution in [-0.2, 0) is 4.79 Å². The maximum Gasteiger partial charge on any atom is 0.257 e. The van der Waals surface area contributed by atoms with Crippen LogP contribution in [0, 0.1) is 0 Å². The normalized spacial score (nSPS) is 15.9. The van der Waals surface area contributed by atoms with Crippen LogP contribution in [0.25, 0.3) is 0 Å². The predicted molar refractivity (Wildman–Crippen MR) is 106 cm³/mol. The highest BCUT2D eigenvalue weighted by Crippen LogP contribution is 2.35. The second-order valence-corrected chi connectivity index (χ2v) is 7.00. The lowest BCUT2D eigenvalue weighted by molar-refractivity contribution is -0.113. The van der Waals surface area contributed by atoms with E-state index >= 15 is 0 Å². The van der Waals surface area contributed by atoms with Crippen molar-refractivity contribution in [1.29, 1.82) is 0 Å². The lowest BCUT2D eigenvalue weighted by Gasteiger charge is -2.28. The Hall–Kier alpha value is -3.55. The molecule has 0 bridgehead atoms. The highest BCUT2D eigenvalue weighted by Gasteiger charge is 2.34. The Labute approximate surface area is 162 Å². The minimum atomic E-state index is -0.434. The molecule has 0 fully saturated rings. The van der Waals surface area contributed by atoms with Crippen molar-refractivity contribution >= 4 is 17.7 Å². The number of carbonyl (C=O) groups excluding carboxylic acids is 1. The second kappa shape index (κ2) is 7.22. The molecule has 8 nitrogen and oxygen atoms in total. The molecule has 0 saturated heterocycles. The molecule has 1 aliphatic heterocycles.